The van der Waals surface area contributed by atoms with E-state index in [2.05, 4.69) is 32.5 Å². The maximum atomic E-state index is 13.3. The fourth-order valence-electron chi connectivity index (χ4n) is 3.18. The molecule has 0 spiro atoms. The molecule has 39 heavy (non-hydrogen) atoms. The molecule has 5 N–H and O–H groups in total. The van der Waals surface area contributed by atoms with E-state index in [9.17, 15) is 40.3 Å². The molecule has 15 heteroatoms. The maximum Gasteiger partial charge on any atom is 0.432 e. The van der Waals surface area contributed by atoms with Crippen LogP contribution in [0.4, 0.5) is 42.1 Å². The molecule has 0 unspecified atom stereocenters. The van der Waals surface area contributed by atoms with E-state index in [1.807, 2.05) is 0 Å². The summed E-state index contributed by atoms with van der Waals surface area (Å²) in [5.41, 5.74) is 1.06. The van der Waals surface area contributed by atoms with Crippen LogP contribution in [0.2, 0.25) is 0 Å². The molecular formula is C24H21F7N6O2. The number of benzene rings is 1. The molecule has 1 aromatic heterocycles. The van der Waals surface area contributed by atoms with Crippen LogP contribution in [0.25, 0.3) is 0 Å². The number of nitrogens with two attached hydrogens (primary N) is 1. The van der Waals surface area contributed by atoms with Gasteiger partial charge < -0.3 is 21.7 Å². The lowest BCUT2D eigenvalue weighted by atomic mass is 10.1. The molecule has 1 aliphatic rings. The van der Waals surface area contributed by atoms with Crippen molar-refractivity contribution in [2.75, 3.05) is 5.32 Å². The number of pyridine rings is 1. The highest BCUT2D eigenvalue weighted by Gasteiger charge is 2.51. The molecule has 1 saturated carbocycles. The van der Waals surface area contributed by atoms with E-state index < -0.39 is 52.4 Å². The standard InChI is InChI=1S/C24H21F7N6O2/c1-13(23(26,27)28)33-10-14(9-32)20(38)37-22(6-7-22)21(39)35-11-16-3-4-17(12-34-16)36-19-5-2-15(25)8-18(19)24(29,30)31/h2-5,8-10,12,36H,1,6-7,11,32H2,(H,35,39)(H,37,38)/b14-9+,33-10?. The first-order valence-corrected chi connectivity index (χ1v) is 11.1. The number of aliphatic imine (C=N–C) groups is 1. The fraction of sp³-hybridized carbons (Fsp3) is 0.250. The topological polar surface area (TPSA) is 121 Å². The number of alkyl halides is 6. The van der Waals surface area contributed by atoms with Crippen molar-refractivity contribution in [3.63, 3.8) is 0 Å². The molecule has 1 fully saturated rings. The van der Waals surface area contributed by atoms with E-state index in [1.54, 1.807) is 0 Å². The summed E-state index contributed by atoms with van der Waals surface area (Å²) < 4.78 is 90.4. The number of halogens is 7. The molecule has 1 aliphatic carbocycles. The Labute approximate surface area is 216 Å². The number of hydrogen-bond acceptors (Lipinski definition) is 6. The molecule has 0 saturated heterocycles. The van der Waals surface area contributed by atoms with Crippen molar-refractivity contribution in [1.82, 2.24) is 15.6 Å². The van der Waals surface area contributed by atoms with Crippen LogP contribution in [0.15, 0.2) is 65.6 Å². The van der Waals surface area contributed by atoms with E-state index in [1.165, 1.54) is 18.3 Å². The fourth-order valence-corrected chi connectivity index (χ4v) is 3.18. The van der Waals surface area contributed by atoms with Crippen molar-refractivity contribution in [3.05, 3.63) is 77.7 Å². The van der Waals surface area contributed by atoms with Crippen LogP contribution in [-0.4, -0.2) is 34.7 Å². The van der Waals surface area contributed by atoms with Crippen molar-refractivity contribution >= 4 is 29.4 Å². The maximum absolute atomic E-state index is 13.3. The molecule has 0 aliphatic heterocycles. The van der Waals surface area contributed by atoms with Crippen LogP contribution in [0.3, 0.4) is 0 Å². The number of aromatic nitrogens is 1. The van der Waals surface area contributed by atoms with Crippen LogP contribution in [-0.2, 0) is 22.3 Å². The Kier molecular flexibility index (Phi) is 8.31. The molecular weight excluding hydrogens is 537 g/mol. The first-order valence-electron chi connectivity index (χ1n) is 11.1. The van der Waals surface area contributed by atoms with E-state index in [-0.39, 0.29) is 30.8 Å². The Balaban J connectivity index is 1.58. The monoisotopic (exact) mass is 558 g/mol. The summed E-state index contributed by atoms with van der Waals surface area (Å²) >= 11 is 0. The predicted molar refractivity (Wildman–Crippen MR) is 127 cm³/mol. The average Bonchev–Trinajstić information content (AvgIpc) is 3.64. The summed E-state index contributed by atoms with van der Waals surface area (Å²) in [7, 11) is 0. The first-order chi connectivity index (χ1) is 18.1. The van der Waals surface area contributed by atoms with Crippen molar-refractivity contribution < 1.29 is 40.3 Å². The number of anilines is 2. The summed E-state index contributed by atoms with van der Waals surface area (Å²) in [6, 6.07) is 5.01. The predicted octanol–water partition coefficient (Wildman–Crippen LogP) is 4.24. The quantitative estimate of drug-likeness (QED) is 0.209. The van der Waals surface area contributed by atoms with Gasteiger partial charge in [-0.15, -0.1) is 0 Å². The molecule has 0 atom stereocenters. The molecule has 8 nitrogen and oxygen atoms in total. The number of allylic oxidation sites excluding steroid dienone is 1. The van der Waals surface area contributed by atoms with Gasteiger partial charge in [0.1, 0.15) is 17.1 Å². The Bertz CT molecular complexity index is 1310. The molecule has 2 amide bonds. The molecule has 2 aromatic rings. The SMILES string of the molecule is C=C(N=C/C(=C\N)C(=O)NC1(C(=O)NCc2ccc(Nc3ccc(F)cc3C(F)(F)F)cn2)CC1)C(F)(F)F. The zero-order valence-electron chi connectivity index (χ0n) is 19.9. The van der Waals surface area contributed by atoms with Gasteiger partial charge in [-0.1, -0.05) is 6.58 Å². The van der Waals surface area contributed by atoms with Gasteiger partial charge in [0.2, 0.25) is 5.91 Å². The highest BCUT2D eigenvalue weighted by molar-refractivity contribution is 6.14. The summed E-state index contributed by atoms with van der Waals surface area (Å²) in [4.78, 5) is 32.2. The number of amides is 2. The van der Waals surface area contributed by atoms with Gasteiger partial charge in [-0.05, 0) is 43.2 Å². The minimum absolute atomic E-state index is 0.104. The third-order valence-electron chi connectivity index (χ3n) is 5.49. The first kappa shape index (κ1) is 29.1. The van der Waals surface area contributed by atoms with Crippen LogP contribution >= 0.6 is 0 Å². The van der Waals surface area contributed by atoms with Gasteiger partial charge in [0, 0.05) is 12.4 Å². The van der Waals surface area contributed by atoms with Gasteiger partial charge >= 0.3 is 12.4 Å². The largest absolute Gasteiger partial charge is 0.432 e. The molecule has 208 valence electrons. The van der Waals surface area contributed by atoms with Gasteiger partial charge in [0.15, 0.2) is 0 Å². The van der Waals surface area contributed by atoms with E-state index in [0.29, 0.717) is 18.0 Å². The minimum atomic E-state index is -4.79. The van der Waals surface area contributed by atoms with Gasteiger partial charge in [-0.3, -0.25) is 19.6 Å². The lowest BCUT2D eigenvalue weighted by molar-refractivity contribution is -0.137. The minimum Gasteiger partial charge on any atom is -0.404 e. The lowest BCUT2D eigenvalue weighted by Gasteiger charge is -2.17. The Morgan fingerprint density at radius 2 is 1.82 bits per heavy atom. The number of nitrogens with zero attached hydrogens (tertiary/aromatic N) is 2. The smallest absolute Gasteiger partial charge is 0.404 e. The van der Waals surface area contributed by atoms with Crippen LogP contribution < -0.4 is 21.7 Å². The second kappa shape index (κ2) is 11.1. The second-order valence-electron chi connectivity index (χ2n) is 8.39. The van der Waals surface area contributed by atoms with Crippen molar-refractivity contribution in [3.8, 4) is 0 Å². The van der Waals surface area contributed by atoms with Crippen molar-refractivity contribution in [1.29, 1.82) is 0 Å². The number of hydrogen-bond donors (Lipinski definition) is 4. The summed E-state index contributed by atoms with van der Waals surface area (Å²) in [5, 5.41) is 7.51. The Morgan fingerprint density at radius 1 is 1.13 bits per heavy atom. The van der Waals surface area contributed by atoms with Gasteiger partial charge in [0.25, 0.3) is 5.91 Å². The van der Waals surface area contributed by atoms with E-state index in [4.69, 9.17) is 5.73 Å². The van der Waals surface area contributed by atoms with E-state index >= 15 is 0 Å². The third kappa shape index (κ3) is 7.55. The third-order valence-corrected chi connectivity index (χ3v) is 5.49. The number of rotatable bonds is 9. The summed E-state index contributed by atoms with van der Waals surface area (Å²) in [5.74, 6) is -2.55. The Morgan fingerprint density at radius 3 is 2.36 bits per heavy atom. The van der Waals surface area contributed by atoms with Gasteiger partial charge in [-0.25, -0.2) is 4.39 Å². The average molecular weight is 558 g/mol. The van der Waals surface area contributed by atoms with Gasteiger partial charge in [0.05, 0.1) is 40.9 Å². The van der Waals surface area contributed by atoms with Crippen molar-refractivity contribution in [2.45, 2.75) is 37.3 Å². The van der Waals surface area contributed by atoms with E-state index in [0.717, 1.165) is 18.3 Å². The lowest BCUT2D eigenvalue weighted by Crippen LogP contribution is -2.49. The number of carbonyl (C=O) groups is 2. The van der Waals surface area contributed by atoms with Crippen LogP contribution in [0.1, 0.15) is 24.1 Å². The van der Waals surface area contributed by atoms with Crippen molar-refractivity contribution in [2.24, 2.45) is 10.7 Å². The molecule has 0 bridgehead atoms. The zero-order chi connectivity index (χ0) is 29.0. The molecule has 1 aromatic carbocycles. The zero-order valence-corrected chi connectivity index (χ0v) is 19.9. The highest BCUT2D eigenvalue weighted by Crippen LogP contribution is 2.37. The van der Waals surface area contributed by atoms with Crippen LogP contribution in [0, 0.1) is 5.82 Å². The van der Waals surface area contributed by atoms with Gasteiger partial charge in [-0.2, -0.15) is 26.3 Å². The molecule has 3 rings (SSSR count). The van der Waals surface area contributed by atoms with Crippen LogP contribution in [0.5, 0.6) is 0 Å². The molecule has 1 heterocycles. The number of carbonyl (C=O) groups excluding carboxylic acids is 2. The Hall–Kier alpha value is -4.43. The second-order valence-corrected chi connectivity index (χ2v) is 8.39. The summed E-state index contributed by atoms with van der Waals surface area (Å²) in [6.45, 7) is 2.64. The normalized spacial score (nSPS) is 15.1. The highest BCUT2D eigenvalue weighted by atomic mass is 19.4. The molecule has 0 radical (unpaired) electrons. The number of nitrogens with one attached hydrogen (secondary N) is 3. The summed E-state index contributed by atoms with van der Waals surface area (Å²) in [6.07, 6.45) is -6.54.